The van der Waals surface area contributed by atoms with Crippen molar-refractivity contribution >= 4 is 6.03 Å². The summed E-state index contributed by atoms with van der Waals surface area (Å²) in [6.45, 7) is 3.82. The summed E-state index contributed by atoms with van der Waals surface area (Å²) >= 11 is 0. The molecule has 4 nitrogen and oxygen atoms in total. The highest BCUT2D eigenvalue weighted by atomic mass is 19.2. The minimum Gasteiger partial charge on any atom is -0.335 e. The minimum atomic E-state index is -0.813. The number of nitrogens with one attached hydrogen (secondary N) is 1. The third-order valence-corrected chi connectivity index (χ3v) is 6.05. The fourth-order valence-corrected chi connectivity index (χ4v) is 4.34. The van der Waals surface area contributed by atoms with Gasteiger partial charge in [-0.3, -0.25) is 4.90 Å². The van der Waals surface area contributed by atoms with Gasteiger partial charge in [0.05, 0.1) is 0 Å². The van der Waals surface area contributed by atoms with Gasteiger partial charge < -0.3 is 10.2 Å². The Kier molecular flexibility index (Phi) is 6.09. The van der Waals surface area contributed by atoms with Crippen LogP contribution in [0.3, 0.4) is 0 Å². The van der Waals surface area contributed by atoms with Crippen LogP contribution in [0.15, 0.2) is 48.5 Å². The molecule has 6 heteroatoms. The number of amides is 2. The van der Waals surface area contributed by atoms with E-state index < -0.39 is 11.6 Å². The highest BCUT2D eigenvalue weighted by molar-refractivity contribution is 5.75. The van der Waals surface area contributed by atoms with E-state index in [2.05, 4.69) is 22.3 Å². The van der Waals surface area contributed by atoms with E-state index in [-0.39, 0.29) is 12.1 Å². The molecule has 154 valence electrons. The first-order valence-electron chi connectivity index (χ1n) is 10.3. The number of hydrogen-bond acceptors (Lipinski definition) is 2. The molecule has 2 aromatic carbocycles. The van der Waals surface area contributed by atoms with E-state index in [1.807, 2.05) is 23.1 Å². The molecule has 29 heavy (non-hydrogen) atoms. The number of rotatable bonds is 4. The molecule has 0 unspecified atom stereocenters. The van der Waals surface area contributed by atoms with Crippen LogP contribution in [-0.4, -0.2) is 48.1 Å². The maximum absolute atomic E-state index is 13.4. The molecule has 0 saturated carbocycles. The summed E-state index contributed by atoms with van der Waals surface area (Å²) < 4.78 is 26.4. The average Bonchev–Trinajstić information content (AvgIpc) is 3.23. The number of carbonyl (C=O) groups is 1. The lowest BCUT2D eigenvalue weighted by Gasteiger charge is -2.33. The van der Waals surface area contributed by atoms with Crippen molar-refractivity contribution in [1.29, 1.82) is 0 Å². The van der Waals surface area contributed by atoms with Crippen molar-refractivity contribution < 1.29 is 13.6 Å². The maximum Gasteiger partial charge on any atom is 0.317 e. The van der Waals surface area contributed by atoms with Crippen molar-refractivity contribution in [2.24, 2.45) is 0 Å². The SMILES string of the molecule is O=C(NC1CCN(Cc2ccc(F)c(F)c2)CC1)N1CC[C@@H](c2ccccc2)C1. The van der Waals surface area contributed by atoms with Crippen molar-refractivity contribution in [3.63, 3.8) is 0 Å². The summed E-state index contributed by atoms with van der Waals surface area (Å²) in [4.78, 5) is 16.8. The maximum atomic E-state index is 13.4. The van der Waals surface area contributed by atoms with Gasteiger partial charge in [-0.25, -0.2) is 13.6 Å². The van der Waals surface area contributed by atoms with Gasteiger partial charge >= 0.3 is 6.03 Å². The highest BCUT2D eigenvalue weighted by Crippen LogP contribution is 2.27. The summed E-state index contributed by atoms with van der Waals surface area (Å²) in [5.74, 6) is -1.20. The van der Waals surface area contributed by atoms with Crippen LogP contribution in [0.1, 0.15) is 36.3 Å². The van der Waals surface area contributed by atoms with Gasteiger partial charge in [0.25, 0.3) is 0 Å². The molecule has 2 aromatic rings. The molecular weight excluding hydrogens is 372 g/mol. The summed E-state index contributed by atoms with van der Waals surface area (Å²) in [5, 5.41) is 3.18. The van der Waals surface area contributed by atoms with E-state index in [0.29, 0.717) is 12.5 Å². The van der Waals surface area contributed by atoms with E-state index in [1.54, 1.807) is 6.07 Å². The molecule has 0 aliphatic carbocycles. The molecule has 2 fully saturated rings. The second-order valence-electron chi connectivity index (χ2n) is 8.09. The third-order valence-electron chi connectivity index (χ3n) is 6.05. The summed E-state index contributed by atoms with van der Waals surface area (Å²) in [6, 6.07) is 14.6. The zero-order valence-electron chi connectivity index (χ0n) is 16.5. The average molecular weight is 399 g/mol. The third kappa shape index (κ3) is 4.93. The first-order chi connectivity index (χ1) is 14.1. The topological polar surface area (TPSA) is 35.6 Å². The molecule has 0 spiro atoms. The number of benzene rings is 2. The van der Waals surface area contributed by atoms with E-state index >= 15 is 0 Å². The smallest absolute Gasteiger partial charge is 0.317 e. The minimum absolute atomic E-state index is 0.0301. The first-order valence-corrected chi connectivity index (χ1v) is 10.3. The van der Waals surface area contributed by atoms with Gasteiger partial charge in [-0.2, -0.15) is 0 Å². The number of carbonyl (C=O) groups excluding carboxylic acids is 1. The van der Waals surface area contributed by atoms with Crippen molar-refractivity contribution in [2.45, 2.75) is 37.8 Å². The fourth-order valence-electron chi connectivity index (χ4n) is 4.34. The van der Waals surface area contributed by atoms with E-state index in [0.717, 1.165) is 51.0 Å². The number of halogens is 2. The van der Waals surface area contributed by atoms with Gasteiger partial charge in [-0.1, -0.05) is 36.4 Å². The lowest BCUT2D eigenvalue weighted by atomic mass is 9.99. The van der Waals surface area contributed by atoms with Gasteiger partial charge in [0.1, 0.15) is 0 Å². The van der Waals surface area contributed by atoms with E-state index in [1.165, 1.54) is 17.7 Å². The lowest BCUT2D eigenvalue weighted by molar-refractivity contribution is 0.173. The number of nitrogens with zero attached hydrogens (tertiary/aromatic N) is 2. The van der Waals surface area contributed by atoms with Crippen molar-refractivity contribution in [3.05, 3.63) is 71.3 Å². The van der Waals surface area contributed by atoms with Crippen molar-refractivity contribution in [2.75, 3.05) is 26.2 Å². The Morgan fingerprint density at radius 2 is 1.72 bits per heavy atom. The molecule has 2 aliphatic rings. The van der Waals surface area contributed by atoms with Gasteiger partial charge in [0, 0.05) is 44.7 Å². The first kappa shape index (κ1) is 19.8. The van der Waals surface area contributed by atoms with Crippen LogP contribution in [0.5, 0.6) is 0 Å². The van der Waals surface area contributed by atoms with Gasteiger partial charge in [0.2, 0.25) is 0 Å². The molecule has 2 amide bonds. The molecule has 1 N–H and O–H groups in total. The predicted octanol–water partition coefficient (Wildman–Crippen LogP) is 4.13. The van der Waals surface area contributed by atoms with Crippen LogP contribution < -0.4 is 5.32 Å². The summed E-state index contributed by atoms with van der Waals surface area (Å²) in [6.07, 6.45) is 2.74. The summed E-state index contributed by atoms with van der Waals surface area (Å²) in [7, 11) is 0. The standard InChI is InChI=1S/C23H27F2N3O/c24-21-7-6-17(14-22(21)25)15-27-11-9-20(10-12-27)26-23(29)28-13-8-19(16-28)18-4-2-1-3-5-18/h1-7,14,19-20H,8-13,15-16H2,(H,26,29)/t19-/m1/s1. The molecule has 4 rings (SSSR count). The van der Waals surface area contributed by atoms with Crippen LogP contribution in [-0.2, 0) is 6.54 Å². The Morgan fingerprint density at radius 1 is 0.966 bits per heavy atom. The number of hydrogen-bond donors (Lipinski definition) is 1. The normalized spacial score (nSPS) is 20.8. The van der Waals surface area contributed by atoms with E-state index in [4.69, 9.17) is 0 Å². The molecule has 2 saturated heterocycles. The van der Waals surface area contributed by atoms with Crippen LogP contribution in [0, 0.1) is 11.6 Å². The second-order valence-corrected chi connectivity index (χ2v) is 8.09. The van der Waals surface area contributed by atoms with Crippen LogP contribution >= 0.6 is 0 Å². The monoisotopic (exact) mass is 399 g/mol. The Morgan fingerprint density at radius 3 is 2.45 bits per heavy atom. The lowest BCUT2D eigenvalue weighted by Crippen LogP contribution is -2.48. The van der Waals surface area contributed by atoms with Gasteiger partial charge in [-0.15, -0.1) is 0 Å². The zero-order valence-corrected chi connectivity index (χ0v) is 16.5. The Bertz CT molecular complexity index is 837. The molecule has 0 aromatic heterocycles. The molecule has 1 atom stereocenters. The van der Waals surface area contributed by atoms with Crippen molar-refractivity contribution in [1.82, 2.24) is 15.1 Å². The molecule has 2 aliphatic heterocycles. The van der Waals surface area contributed by atoms with Crippen molar-refractivity contribution in [3.8, 4) is 0 Å². The molecule has 2 heterocycles. The zero-order chi connectivity index (χ0) is 20.2. The van der Waals surface area contributed by atoms with E-state index in [9.17, 15) is 13.6 Å². The number of piperidine rings is 1. The highest BCUT2D eigenvalue weighted by Gasteiger charge is 2.29. The molecule has 0 radical (unpaired) electrons. The molecule has 0 bridgehead atoms. The Balaban J connectivity index is 1.22. The Labute approximate surface area is 170 Å². The molecular formula is C23H27F2N3O. The fraction of sp³-hybridized carbons (Fsp3) is 0.435. The van der Waals surface area contributed by atoms with Crippen LogP contribution in [0.25, 0.3) is 0 Å². The summed E-state index contributed by atoms with van der Waals surface area (Å²) in [5.41, 5.74) is 2.07. The number of likely N-dealkylation sites (tertiary alicyclic amines) is 2. The largest absolute Gasteiger partial charge is 0.335 e. The second kappa shape index (κ2) is 8.91. The van der Waals surface area contributed by atoms with Crippen LogP contribution in [0.2, 0.25) is 0 Å². The van der Waals surface area contributed by atoms with Gasteiger partial charge in [-0.05, 0) is 42.5 Å². The van der Waals surface area contributed by atoms with Gasteiger partial charge in [0.15, 0.2) is 11.6 Å². The quantitative estimate of drug-likeness (QED) is 0.839. The van der Waals surface area contributed by atoms with Crippen LogP contribution in [0.4, 0.5) is 13.6 Å². The Hall–Kier alpha value is -2.47. The number of urea groups is 1. The predicted molar refractivity (Wildman–Crippen MR) is 109 cm³/mol.